The van der Waals surface area contributed by atoms with Crippen LogP contribution < -0.4 is 0 Å². The molecule has 0 atom stereocenters. The molecule has 2 aromatic rings. The van der Waals surface area contributed by atoms with E-state index in [-0.39, 0.29) is 11.0 Å². The first-order valence-corrected chi connectivity index (χ1v) is 6.52. The summed E-state index contributed by atoms with van der Waals surface area (Å²) in [6, 6.07) is 4.16. The van der Waals surface area contributed by atoms with Crippen molar-refractivity contribution in [3.63, 3.8) is 0 Å². The van der Waals surface area contributed by atoms with Gasteiger partial charge in [0.1, 0.15) is 5.56 Å². The van der Waals surface area contributed by atoms with Crippen LogP contribution in [0.4, 0.5) is 0 Å². The van der Waals surface area contributed by atoms with E-state index in [1.165, 1.54) is 11.8 Å². The Morgan fingerprint density at radius 2 is 1.75 bits per heavy atom. The third-order valence-electron chi connectivity index (χ3n) is 3.43. The minimum absolute atomic E-state index is 0.0467. The predicted molar refractivity (Wildman–Crippen MR) is 77.1 cm³/mol. The van der Waals surface area contributed by atoms with Gasteiger partial charge >= 0.3 is 5.97 Å². The molecule has 106 valence electrons. The number of aryl methyl sites for hydroxylation is 2. The van der Waals surface area contributed by atoms with Crippen LogP contribution in [0, 0.1) is 13.8 Å². The van der Waals surface area contributed by atoms with Gasteiger partial charge in [-0.3, -0.25) is 0 Å². The molecule has 0 aliphatic rings. The third-order valence-corrected chi connectivity index (χ3v) is 3.43. The Morgan fingerprint density at radius 3 is 2.20 bits per heavy atom. The molecule has 0 saturated carbocycles. The normalized spacial score (nSPS) is 11.7. The molecule has 0 amide bonds. The van der Waals surface area contributed by atoms with E-state index in [1.54, 1.807) is 0 Å². The number of carboxylic acids is 1. The summed E-state index contributed by atoms with van der Waals surface area (Å²) in [6.07, 6.45) is 1.24. The SMILES string of the molecule is Cc1cc(C(C)(C)C)cc(C)c1-c1oncc1C(=O)O. The van der Waals surface area contributed by atoms with Crippen molar-refractivity contribution in [3.05, 3.63) is 40.6 Å². The molecule has 0 spiro atoms. The van der Waals surface area contributed by atoms with Crippen molar-refractivity contribution < 1.29 is 14.4 Å². The standard InChI is InChI=1S/C16H19NO3/c1-9-6-11(16(3,4)5)7-10(2)13(9)14-12(15(18)19)8-17-20-14/h6-8H,1-5H3,(H,18,19). The molecule has 0 fully saturated rings. The number of rotatable bonds is 2. The average Bonchev–Trinajstić information content (AvgIpc) is 2.75. The number of benzene rings is 1. The number of aromatic carboxylic acids is 1. The molecule has 1 N–H and O–H groups in total. The lowest BCUT2D eigenvalue weighted by atomic mass is 9.83. The van der Waals surface area contributed by atoms with Gasteiger partial charge in [-0.05, 0) is 36.0 Å². The first-order valence-electron chi connectivity index (χ1n) is 6.52. The van der Waals surface area contributed by atoms with Crippen molar-refractivity contribution in [1.29, 1.82) is 0 Å². The average molecular weight is 273 g/mol. The van der Waals surface area contributed by atoms with E-state index < -0.39 is 5.97 Å². The number of carbonyl (C=O) groups is 1. The van der Waals surface area contributed by atoms with E-state index in [2.05, 4.69) is 38.1 Å². The van der Waals surface area contributed by atoms with Gasteiger partial charge in [0, 0.05) is 5.56 Å². The number of hydrogen-bond acceptors (Lipinski definition) is 3. The quantitative estimate of drug-likeness (QED) is 0.899. The van der Waals surface area contributed by atoms with E-state index in [0.29, 0.717) is 5.76 Å². The number of nitrogens with zero attached hydrogens (tertiary/aromatic N) is 1. The number of carboxylic acid groups (broad SMARTS) is 1. The molecule has 0 aliphatic heterocycles. The second-order valence-corrected chi connectivity index (χ2v) is 6.11. The molecule has 1 aromatic heterocycles. The van der Waals surface area contributed by atoms with E-state index >= 15 is 0 Å². The van der Waals surface area contributed by atoms with Crippen molar-refractivity contribution >= 4 is 5.97 Å². The summed E-state index contributed by atoms with van der Waals surface area (Å²) >= 11 is 0. The minimum atomic E-state index is -1.03. The lowest BCUT2D eigenvalue weighted by Crippen LogP contribution is -2.12. The van der Waals surface area contributed by atoms with Crippen LogP contribution in [0.5, 0.6) is 0 Å². The van der Waals surface area contributed by atoms with Crippen LogP contribution in [0.1, 0.15) is 47.8 Å². The largest absolute Gasteiger partial charge is 0.477 e. The second kappa shape index (κ2) is 4.78. The zero-order chi connectivity index (χ0) is 15.1. The Kier molecular flexibility index (Phi) is 3.42. The van der Waals surface area contributed by atoms with E-state index in [1.807, 2.05) is 13.8 Å². The molecule has 0 bridgehead atoms. The second-order valence-electron chi connectivity index (χ2n) is 6.11. The molecule has 4 heteroatoms. The van der Waals surface area contributed by atoms with Gasteiger partial charge in [0.25, 0.3) is 0 Å². The van der Waals surface area contributed by atoms with Gasteiger partial charge in [-0.25, -0.2) is 4.79 Å². The fourth-order valence-electron chi connectivity index (χ4n) is 2.33. The first kappa shape index (κ1) is 14.3. The summed E-state index contributed by atoms with van der Waals surface area (Å²) in [7, 11) is 0. The highest BCUT2D eigenvalue weighted by Gasteiger charge is 2.22. The molecule has 4 nitrogen and oxygen atoms in total. The fourth-order valence-corrected chi connectivity index (χ4v) is 2.33. The van der Waals surface area contributed by atoms with Gasteiger partial charge in [0.15, 0.2) is 5.76 Å². The molecule has 0 saturated heterocycles. The molecule has 1 heterocycles. The first-order chi connectivity index (χ1) is 9.21. The topological polar surface area (TPSA) is 63.3 Å². The zero-order valence-corrected chi connectivity index (χ0v) is 12.4. The summed E-state index contributed by atoms with van der Waals surface area (Å²) in [5.74, 6) is -0.701. The van der Waals surface area contributed by atoms with Crippen molar-refractivity contribution in [2.45, 2.75) is 40.0 Å². The summed E-state index contributed by atoms with van der Waals surface area (Å²) in [4.78, 5) is 11.2. The molecule has 1 aromatic carbocycles. The van der Waals surface area contributed by atoms with E-state index in [9.17, 15) is 9.90 Å². The van der Waals surface area contributed by atoms with Gasteiger partial charge in [-0.2, -0.15) is 0 Å². The van der Waals surface area contributed by atoms with Gasteiger partial charge in [0.2, 0.25) is 0 Å². The minimum Gasteiger partial charge on any atom is -0.477 e. The third kappa shape index (κ3) is 2.46. The molecular formula is C16H19NO3. The van der Waals surface area contributed by atoms with Crippen LogP contribution in [0.15, 0.2) is 22.9 Å². The Bertz CT molecular complexity index is 640. The fraction of sp³-hybridized carbons (Fsp3) is 0.375. The van der Waals surface area contributed by atoms with Gasteiger partial charge in [-0.15, -0.1) is 0 Å². The molecular weight excluding hydrogens is 254 g/mol. The maximum Gasteiger partial charge on any atom is 0.341 e. The van der Waals surface area contributed by atoms with Gasteiger partial charge in [0.05, 0.1) is 6.20 Å². The summed E-state index contributed by atoms with van der Waals surface area (Å²) in [5, 5.41) is 12.8. The Balaban J connectivity index is 2.65. The number of hydrogen-bond donors (Lipinski definition) is 1. The van der Waals surface area contributed by atoms with Crippen LogP contribution in [0.3, 0.4) is 0 Å². The maximum absolute atomic E-state index is 11.2. The molecule has 0 unspecified atom stereocenters. The van der Waals surface area contributed by atoms with Crippen LogP contribution in [-0.2, 0) is 5.41 Å². The summed E-state index contributed by atoms with van der Waals surface area (Å²) < 4.78 is 5.17. The van der Waals surface area contributed by atoms with Crippen LogP contribution in [-0.4, -0.2) is 16.2 Å². The highest BCUT2D eigenvalue weighted by Crippen LogP contribution is 2.34. The van der Waals surface area contributed by atoms with Crippen LogP contribution in [0.2, 0.25) is 0 Å². The van der Waals surface area contributed by atoms with E-state index in [0.717, 1.165) is 16.7 Å². The highest BCUT2D eigenvalue weighted by atomic mass is 16.5. The lowest BCUT2D eigenvalue weighted by molar-refractivity contribution is 0.0697. The Morgan fingerprint density at radius 1 is 1.20 bits per heavy atom. The van der Waals surface area contributed by atoms with Crippen molar-refractivity contribution in [2.75, 3.05) is 0 Å². The summed E-state index contributed by atoms with van der Waals surface area (Å²) in [5.41, 5.74) is 4.16. The highest BCUT2D eigenvalue weighted by molar-refractivity contribution is 5.94. The molecule has 0 aliphatic carbocycles. The molecule has 20 heavy (non-hydrogen) atoms. The maximum atomic E-state index is 11.2. The number of aromatic nitrogens is 1. The van der Waals surface area contributed by atoms with E-state index in [4.69, 9.17) is 4.52 Å². The van der Waals surface area contributed by atoms with Gasteiger partial charge in [-0.1, -0.05) is 38.1 Å². The van der Waals surface area contributed by atoms with Crippen LogP contribution >= 0.6 is 0 Å². The smallest absolute Gasteiger partial charge is 0.341 e. The Labute approximate surface area is 118 Å². The zero-order valence-electron chi connectivity index (χ0n) is 12.4. The van der Waals surface area contributed by atoms with Crippen molar-refractivity contribution in [2.24, 2.45) is 0 Å². The Hall–Kier alpha value is -2.10. The summed E-state index contributed by atoms with van der Waals surface area (Å²) in [6.45, 7) is 10.4. The van der Waals surface area contributed by atoms with Crippen molar-refractivity contribution in [1.82, 2.24) is 5.16 Å². The van der Waals surface area contributed by atoms with Gasteiger partial charge < -0.3 is 9.63 Å². The molecule has 2 rings (SSSR count). The van der Waals surface area contributed by atoms with Crippen molar-refractivity contribution in [3.8, 4) is 11.3 Å². The molecule has 0 radical (unpaired) electrons. The van der Waals surface area contributed by atoms with Crippen LogP contribution in [0.25, 0.3) is 11.3 Å². The monoisotopic (exact) mass is 273 g/mol. The predicted octanol–water partition coefficient (Wildman–Crippen LogP) is 3.95. The lowest BCUT2D eigenvalue weighted by Gasteiger charge is -2.21.